The Labute approximate surface area is 287 Å². The summed E-state index contributed by atoms with van der Waals surface area (Å²) in [5.74, 6) is 1.37. The summed E-state index contributed by atoms with van der Waals surface area (Å²) in [6.07, 6.45) is 2.83. The van der Waals surface area contributed by atoms with Crippen LogP contribution in [0.15, 0.2) is 60.7 Å². The van der Waals surface area contributed by atoms with Crippen molar-refractivity contribution in [1.29, 1.82) is 0 Å². The zero-order valence-electron chi connectivity index (χ0n) is 26.0. The van der Waals surface area contributed by atoms with Gasteiger partial charge in [-0.25, -0.2) is 9.97 Å². The van der Waals surface area contributed by atoms with Gasteiger partial charge in [-0.15, -0.1) is 0 Å². The maximum Gasteiger partial charge on any atom is 0.220 e. The second-order valence-electron chi connectivity index (χ2n) is 12.7. The Morgan fingerprint density at radius 1 is 0.646 bits per heavy atom. The second-order valence-corrected chi connectivity index (χ2v) is 13.4. The lowest BCUT2D eigenvalue weighted by Gasteiger charge is -2.16. The van der Waals surface area contributed by atoms with Gasteiger partial charge < -0.3 is 30.7 Å². The second kappa shape index (κ2) is 13.0. The number of fused-ring (bicyclic) bond motifs is 2. The summed E-state index contributed by atoms with van der Waals surface area (Å²) in [6, 6.07) is 19.9. The Morgan fingerprint density at radius 2 is 1.08 bits per heavy atom. The maximum atomic E-state index is 11.6. The van der Waals surface area contributed by atoms with Crippen LogP contribution in [-0.4, -0.2) is 60.2 Å². The lowest BCUT2D eigenvalue weighted by atomic mass is 9.97. The van der Waals surface area contributed by atoms with E-state index in [4.69, 9.17) is 42.6 Å². The largest absolute Gasteiger partial charge is 0.475 e. The van der Waals surface area contributed by atoms with Gasteiger partial charge in [-0.05, 0) is 37.1 Å². The molecule has 0 spiro atoms. The van der Waals surface area contributed by atoms with E-state index in [1.165, 1.54) is 0 Å². The number of amides is 2. The van der Waals surface area contributed by atoms with E-state index in [0.717, 1.165) is 46.2 Å². The number of nitrogens with zero attached hydrogens (tertiary/aromatic N) is 2. The third kappa shape index (κ3) is 5.98. The van der Waals surface area contributed by atoms with Crippen LogP contribution in [0.2, 0.25) is 10.0 Å². The van der Waals surface area contributed by atoms with Gasteiger partial charge in [0, 0.05) is 71.4 Å². The minimum atomic E-state index is 0.00366. The van der Waals surface area contributed by atoms with Crippen LogP contribution in [0.5, 0.6) is 11.8 Å². The molecule has 6 heterocycles. The zero-order valence-corrected chi connectivity index (χ0v) is 27.5. The topological polar surface area (TPSA) is 126 Å². The predicted molar refractivity (Wildman–Crippen MR) is 183 cm³/mol. The molecule has 4 aliphatic rings. The fourth-order valence-electron chi connectivity index (χ4n) is 6.91. The van der Waals surface area contributed by atoms with E-state index in [1.54, 1.807) is 0 Å². The fourth-order valence-corrected chi connectivity index (χ4v) is 7.56. The molecule has 48 heavy (non-hydrogen) atoms. The van der Waals surface area contributed by atoms with Gasteiger partial charge in [-0.3, -0.25) is 9.59 Å². The van der Waals surface area contributed by atoms with E-state index >= 15 is 0 Å². The summed E-state index contributed by atoms with van der Waals surface area (Å²) < 4.78 is 11.9. The normalized spacial score (nSPS) is 22.5. The number of carbonyl (C=O) groups excluding carboxylic acids is 2. The predicted octanol–water partition coefficient (Wildman–Crippen LogP) is 5.39. The third-order valence-corrected chi connectivity index (χ3v) is 10.3. The smallest absolute Gasteiger partial charge is 0.220 e. The number of hydrogen-bond acceptors (Lipinski definition) is 8. The third-order valence-electron chi connectivity index (χ3n) is 9.53. The molecule has 2 saturated heterocycles. The van der Waals surface area contributed by atoms with E-state index < -0.39 is 0 Å². The number of rotatable bonds is 9. The van der Waals surface area contributed by atoms with Crippen molar-refractivity contribution in [1.82, 2.24) is 31.2 Å². The molecule has 4 N–H and O–H groups in total. The van der Waals surface area contributed by atoms with Gasteiger partial charge in [-0.1, -0.05) is 59.6 Å². The van der Waals surface area contributed by atoms with Gasteiger partial charge in [0.2, 0.25) is 23.6 Å². The van der Waals surface area contributed by atoms with E-state index in [9.17, 15) is 9.59 Å². The minimum Gasteiger partial charge on any atom is -0.475 e. The number of carbonyl (C=O) groups is 2. The molecule has 2 amide bonds. The summed E-state index contributed by atoms with van der Waals surface area (Å²) in [7, 11) is 0. The first-order valence-electron chi connectivity index (χ1n) is 16.3. The molecule has 0 unspecified atom stereocenters. The van der Waals surface area contributed by atoms with Crippen molar-refractivity contribution in [2.24, 2.45) is 0 Å². The number of halogens is 2. The van der Waals surface area contributed by atoms with Crippen LogP contribution >= 0.6 is 23.2 Å². The summed E-state index contributed by atoms with van der Waals surface area (Å²) in [6.45, 7) is 2.31. The van der Waals surface area contributed by atoms with Crippen LogP contribution in [0.25, 0.3) is 33.6 Å². The van der Waals surface area contributed by atoms with E-state index in [1.807, 2.05) is 60.7 Å². The average Bonchev–Trinajstić information content (AvgIpc) is 3.90. The highest BCUT2D eigenvalue weighted by atomic mass is 35.5. The Morgan fingerprint density at radius 3 is 1.50 bits per heavy atom. The molecule has 0 aliphatic carbocycles. The van der Waals surface area contributed by atoms with Gasteiger partial charge in [-0.2, -0.15) is 0 Å². The molecule has 0 bridgehead atoms. The zero-order chi connectivity index (χ0) is 32.8. The van der Waals surface area contributed by atoms with Crippen molar-refractivity contribution in [3.8, 4) is 45.4 Å². The van der Waals surface area contributed by atoms with Crippen molar-refractivity contribution >= 4 is 35.0 Å². The van der Waals surface area contributed by atoms with E-state index in [0.29, 0.717) is 72.3 Å². The number of hydrogen-bond donors (Lipinski definition) is 4. The van der Waals surface area contributed by atoms with Crippen LogP contribution in [0, 0.1) is 0 Å². The molecule has 4 aliphatic heterocycles. The molecule has 2 fully saturated rings. The highest BCUT2D eigenvalue weighted by Gasteiger charge is 2.30. The first-order valence-corrected chi connectivity index (χ1v) is 17.1. The van der Waals surface area contributed by atoms with Gasteiger partial charge in [0.25, 0.3) is 0 Å². The molecule has 0 saturated carbocycles. The van der Waals surface area contributed by atoms with Gasteiger partial charge in [0.15, 0.2) is 0 Å². The van der Waals surface area contributed by atoms with E-state index in [-0.39, 0.29) is 36.0 Å². The van der Waals surface area contributed by atoms with E-state index in [2.05, 4.69) is 21.3 Å². The molecule has 4 atom stereocenters. The SMILES string of the molecule is O=C1CC[C@@H](CN[C@H]2COc3nc(-c4cccc(-c5cccc(-c6ccc7c(n6)OC[C@@H]7NC[C@@H]6CCC(=O)N6)c5Cl)c4Cl)ccc32)N1. The average molecular weight is 686 g/mol. The number of benzene rings is 2. The molecule has 2 aromatic heterocycles. The van der Waals surface area contributed by atoms with Crippen LogP contribution in [0.1, 0.15) is 48.9 Å². The van der Waals surface area contributed by atoms with Gasteiger partial charge >= 0.3 is 0 Å². The first-order chi connectivity index (χ1) is 23.4. The van der Waals surface area contributed by atoms with Crippen LogP contribution in [-0.2, 0) is 9.59 Å². The molecule has 12 heteroatoms. The number of pyridine rings is 2. The van der Waals surface area contributed by atoms with Crippen molar-refractivity contribution in [2.45, 2.75) is 49.9 Å². The van der Waals surface area contributed by atoms with Crippen molar-refractivity contribution in [3.05, 3.63) is 81.8 Å². The lowest BCUT2D eigenvalue weighted by Crippen LogP contribution is -2.37. The molecule has 2 aromatic carbocycles. The van der Waals surface area contributed by atoms with Crippen LogP contribution in [0.3, 0.4) is 0 Å². The number of ether oxygens (including phenoxy) is 2. The summed E-state index contributed by atoms with van der Waals surface area (Å²) in [5.41, 5.74) is 6.48. The number of nitrogens with one attached hydrogen (secondary N) is 4. The molecule has 0 radical (unpaired) electrons. The minimum absolute atomic E-state index is 0.00366. The Balaban J connectivity index is 1.01. The van der Waals surface area contributed by atoms with Crippen LogP contribution < -0.4 is 30.7 Å². The highest BCUT2D eigenvalue weighted by molar-refractivity contribution is 6.39. The standard InChI is InChI=1S/C36H34Cl2N6O4/c37-33-21(3-1-5-23(33)27-11-9-25-29(17-47-35(25)43-27)39-15-19-7-13-31(45)41-19)22-4-2-6-24(34(22)38)28-12-10-26-30(18-48-36(26)44-28)40-16-20-8-14-32(46)42-20/h1-6,9-12,19-20,29-30,39-40H,7-8,13-18H2,(H,41,45)(H,42,46)/t19-,20-,29-,30-/m0/s1. The highest BCUT2D eigenvalue weighted by Crippen LogP contribution is 2.43. The molecule has 10 nitrogen and oxygen atoms in total. The Bertz CT molecular complexity index is 1780. The number of aromatic nitrogens is 2. The van der Waals surface area contributed by atoms with Crippen molar-refractivity contribution in [3.63, 3.8) is 0 Å². The van der Waals surface area contributed by atoms with Gasteiger partial charge in [0.05, 0.1) is 33.5 Å². The lowest BCUT2D eigenvalue weighted by molar-refractivity contribution is -0.120. The molecular weight excluding hydrogens is 651 g/mol. The summed E-state index contributed by atoms with van der Waals surface area (Å²) >= 11 is 14.2. The Kier molecular flexibility index (Phi) is 8.42. The summed E-state index contributed by atoms with van der Waals surface area (Å²) in [4.78, 5) is 32.8. The monoisotopic (exact) mass is 684 g/mol. The Hall–Kier alpha value is -4.22. The molecule has 8 rings (SSSR count). The van der Waals surface area contributed by atoms with Crippen LogP contribution in [0.4, 0.5) is 0 Å². The fraction of sp³-hybridized carbons (Fsp3) is 0.333. The maximum absolute atomic E-state index is 11.6. The quantitative estimate of drug-likeness (QED) is 0.185. The van der Waals surface area contributed by atoms with Gasteiger partial charge in [0.1, 0.15) is 13.2 Å². The first kappa shape index (κ1) is 31.1. The summed E-state index contributed by atoms with van der Waals surface area (Å²) in [5, 5.41) is 14.1. The van der Waals surface area contributed by atoms with Crippen molar-refractivity contribution < 1.29 is 19.1 Å². The molecular formula is C36H34Cl2N6O4. The van der Waals surface area contributed by atoms with Crippen molar-refractivity contribution in [2.75, 3.05) is 26.3 Å². The molecule has 4 aromatic rings. The molecule has 246 valence electrons.